The first-order valence-corrected chi connectivity index (χ1v) is 22.0. The molecule has 0 aromatic heterocycles. The Hall–Kier alpha value is -3.23. The van der Waals surface area contributed by atoms with Gasteiger partial charge in [-0.2, -0.15) is 0 Å². The van der Waals surface area contributed by atoms with E-state index in [2.05, 4.69) is 74.6 Å². The van der Waals surface area contributed by atoms with E-state index in [4.69, 9.17) is 14.2 Å². The first-order chi connectivity index (χ1) is 27.1. The van der Waals surface area contributed by atoms with Crippen LogP contribution >= 0.6 is 0 Å². The van der Waals surface area contributed by atoms with Crippen molar-refractivity contribution in [3.63, 3.8) is 0 Å². The van der Waals surface area contributed by atoms with Crippen molar-refractivity contribution in [3.05, 3.63) is 72.9 Å². The van der Waals surface area contributed by atoms with E-state index < -0.39 is 18.1 Å². The maximum atomic E-state index is 12.7. The summed E-state index contributed by atoms with van der Waals surface area (Å²) in [7, 11) is 5.49. The molecule has 0 aliphatic rings. The van der Waals surface area contributed by atoms with Crippen LogP contribution in [0.5, 0.6) is 0 Å². The second kappa shape index (κ2) is 38.6. The Labute approximate surface area is 342 Å². The lowest BCUT2D eigenvalue weighted by atomic mass is 10.1. The van der Waals surface area contributed by atoms with E-state index >= 15 is 0 Å². The van der Waals surface area contributed by atoms with Gasteiger partial charge in [-0.05, 0) is 70.6 Å². The first kappa shape index (κ1) is 52.8. The molecule has 0 saturated carbocycles. The zero-order chi connectivity index (χ0) is 41.4. The maximum Gasteiger partial charge on any atom is 0.362 e. The molecule has 0 bridgehead atoms. The second-order valence-corrected chi connectivity index (χ2v) is 15.6. The van der Waals surface area contributed by atoms with Crippen LogP contribution in [0.4, 0.5) is 0 Å². The van der Waals surface area contributed by atoms with Crippen molar-refractivity contribution in [2.45, 2.75) is 174 Å². The number of rotatable bonds is 38. The zero-order valence-electron chi connectivity index (χ0n) is 36.3. The van der Waals surface area contributed by atoms with Crippen LogP contribution in [0.1, 0.15) is 162 Å². The van der Waals surface area contributed by atoms with E-state index in [1.54, 1.807) is 0 Å². The predicted molar refractivity (Wildman–Crippen MR) is 233 cm³/mol. The molecule has 1 N–H and O–H groups in total. The predicted octanol–water partition coefficient (Wildman–Crippen LogP) is 12.0. The van der Waals surface area contributed by atoms with Crippen molar-refractivity contribution in [1.29, 1.82) is 0 Å². The molecule has 2 atom stereocenters. The van der Waals surface area contributed by atoms with Gasteiger partial charge in [0, 0.05) is 19.3 Å². The summed E-state index contributed by atoms with van der Waals surface area (Å²) >= 11 is 0. The number of esters is 2. The summed E-state index contributed by atoms with van der Waals surface area (Å²) in [5, 5.41) is 9.61. The Morgan fingerprint density at radius 1 is 0.554 bits per heavy atom. The smallest absolute Gasteiger partial charge is 0.362 e. The normalized spacial score (nSPS) is 13.7. The summed E-state index contributed by atoms with van der Waals surface area (Å²) < 4.78 is 17.2. The number of allylic oxidation sites excluding steroid dienone is 12. The van der Waals surface area contributed by atoms with Gasteiger partial charge in [-0.1, -0.05) is 145 Å². The van der Waals surface area contributed by atoms with Crippen LogP contribution in [-0.2, 0) is 28.6 Å². The van der Waals surface area contributed by atoms with Crippen molar-refractivity contribution < 1.29 is 38.2 Å². The monoisotopic (exact) mass is 785 g/mol. The van der Waals surface area contributed by atoms with Gasteiger partial charge in [-0.3, -0.25) is 9.59 Å². The quantitative estimate of drug-likeness (QED) is 0.0288. The largest absolute Gasteiger partial charge is 0.477 e. The SMILES string of the molecule is CC/C=C/C/C=C/C/C=C/C/C=C/C/C=C/CCC(=O)OCC(COCCC(C(=O)O)[N+](C)(C)C)OC(=O)CCCCCCC/C=C/CCCCCCCCC. The molecule has 0 radical (unpaired) electrons. The molecule has 320 valence electrons. The Balaban J connectivity index is 4.48. The third kappa shape index (κ3) is 36.4. The maximum absolute atomic E-state index is 12.7. The lowest BCUT2D eigenvalue weighted by Crippen LogP contribution is -2.50. The van der Waals surface area contributed by atoms with Gasteiger partial charge in [-0.25, -0.2) is 4.79 Å². The average Bonchev–Trinajstić information content (AvgIpc) is 3.15. The molecular weight excluding hydrogens is 703 g/mol. The van der Waals surface area contributed by atoms with E-state index in [0.29, 0.717) is 19.3 Å². The van der Waals surface area contributed by atoms with Gasteiger partial charge in [0.2, 0.25) is 0 Å². The summed E-state index contributed by atoms with van der Waals surface area (Å²) in [6.45, 7) is 4.52. The standard InChI is InChI=1S/C48H81NO7/c1-6-8-10-12-14-16-18-20-22-24-26-28-30-32-34-36-38-46(50)55-43-44(42-54-41-40-45(48(52)53)49(3,4)5)56-47(51)39-37-35-33-31-29-27-25-23-21-19-17-15-13-11-9-7-2/h8,10,14,16,20,22-23,25-26,28,32,34,44-45H,6-7,9,11-13,15,17-19,21,24,27,29-31,33,35-43H2,1-5H3/p+1/b10-8+,16-14+,22-20+,25-23+,28-26+,34-32+. The van der Waals surface area contributed by atoms with Crippen LogP contribution in [0.15, 0.2) is 72.9 Å². The first-order valence-electron chi connectivity index (χ1n) is 22.0. The summed E-state index contributed by atoms with van der Waals surface area (Å²) in [5.74, 6) is -1.59. The fraction of sp³-hybridized carbons (Fsp3) is 0.688. The third-order valence-electron chi connectivity index (χ3n) is 9.35. The average molecular weight is 785 g/mol. The van der Waals surface area contributed by atoms with Crippen LogP contribution in [-0.4, -0.2) is 80.6 Å². The number of hydrogen-bond acceptors (Lipinski definition) is 6. The molecule has 0 rings (SSSR count). The number of ether oxygens (including phenoxy) is 3. The molecule has 56 heavy (non-hydrogen) atoms. The number of likely N-dealkylation sites (N-methyl/N-ethyl adjacent to an activating group) is 1. The van der Waals surface area contributed by atoms with E-state index in [1.165, 1.54) is 57.8 Å². The molecular formula is C48H82NO7+. The number of carboxylic acids is 1. The number of quaternary nitrogens is 1. The number of carboxylic acid groups (broad SMARTS) is 1. The van der Waals surface area contributed by atoms with E-state index in [9.17, 15) is 19.5 Å². The molecule has 0 aliphatic heterocycles. The molecule has 2 unspecified atom stereocenters. The molecule has 0 spiro atoms. The van der Waals surface area contributed by atoms with Crippen molar-refractivity contribution in [2.24, 2.45) is 0 Å². The van der Waals surface area contributed by atoms with Crippen LogP contribution < -0.4 is 0 Å². The lowest BCUT2D eigenvalue weighted by molar-refractivity contribution is -0.887. The third-order valence-corrected chi connectivity index (χ3v) is 9.35. The van der Waals surface area contributed by atoms with Crippen LogP contribution in [0, 0.1) is 0 Å². The minimum atomic E-state index is -0.888. The topological polar surface area (TPSA) is 99.1 Å². The fourth-order valence-corrected chi connectivity index (χ4v) is 5.96. The molecule has 0 aromatic rings. The van der Waals surface area contributed by atoms with Crippen LogP contribution in [0.2, 0.25) is 0 Å². The van der Waals surface area contributed by atoms with E-state index in [0.717, 1.165) is 64.2 Å². The highest BCUT2D eigenvalue weighted by Crippen LogP contribution is 2.13. The Morgan fingerprint density at radius 3 is 1.55 bits per heavy atom. The molecule has 8 nitrogen and oxygen atoms in total. The number of carbonyl (C=O) groups excluding carboxylic acids is 2. The van der Waals surface area contributed by atoms with E-state index in [1.807, 2.05) is 33.3 Å². The Bertz CT molecular complexity index is 1140. The highest BCUT2D eigenvalue weighted by Gasteiger charge is 2.31. The highest BCUT2D eigenvalue weighted by atomic mass is 16.6. The summed E-state index contributed by atoms with van der Waals surface area (Å²) in [4.78, 5) is 36.9. The Morgan fingerprint density at radius 2 is 1.04 bits per heavy atom. The minimum Gasteiger partial charge on any atom is -0.477 e. The summed E-state index contributed by atoms with van der Waals surface area (Å²) in [6.07, 6.45) is 48.2. The minimum absolute atomic E-state index is 0.0315. The number of hydrogen-bond donors (Lipinski definition) is 1. The number of unbranched alkanes of at least 4 members (excludes halogenated alkanes) is 12. The van der Waals surface area contributed by atoms with Crippen molar-refractivity contribution >= 4 is 17.9 Å². The van der Waals surface area contributed by atoms with Crippen molar-refractivity contribution in [1.82, 2.24) is 0 Å². The number of aliphatic carboxylic acids is 1. The van der Waals surface area contributed by atoms with Gasteiger partial charge < -0.3 is 23.8 Å². The Kier molecular flexibility index (Phi) is 36.4. The van der Waals surface area contributed by atoms with Crippen LogP contribution in [0.3, 0.4) is 0 Å². The summed E-state index contributed by atoms with van der Waals surface area (Å²) in [5.41, 5.74) is 0. The zero-order valence-corrected chi connectivity index (χ0v) is 36.3. The van der Waals surface area contributed by atoms with Gasteiger partial charge in [0.05, 0.1) is 34.4 Å². The van der Waals surface area contributed by atoms with Gasteiger partial charge in [0.25, 0.3) is 0 Å². The van der Waals surface area contributed by atoms with Gasteiger partial charge in [0.1, 0.15) is 6.61 Å². The second-order valence-electron chi connectivity index (χ2n) is 15.6. The molecule has 0 saturated heterocycles. The molecule has 0 aromatic carbocycles. The van der Waals surface area contributed by atoms with Gasteiger partial charge >= 0.3 is 17.9 Å². The number of carbonyl (C=O) groups is 3. The molecule has 0 amide bonds. The summed E-state index contributed by atoms with van der Waals surface area (Å²) in [6, 6.07) is -0.629. The van der Waals surface area contributed by atoms with E-state index in [-0.39, 0.29) is 42.7 Å². The molecule has 0 fully saturated rings. The fourth-order valence-electron chi connectivity index (χ4n) is 5.96. The molecule has 0 aliphatic carbocycles. The highest BCUT2D eigenvalue weighted by molar-refractivity contribution is 5.72. The van der Waals surface area contributed by atoms with Crippen molar-refractivity contribution in [3.8, 4) is 0 Å². The van der Waals surface area contributed by atoms with Gasteiger partial charge in [0.15, 0.2) is 12.1 Å². The van der Waals surface area contributed by atoms with Gasteiger partial charge in [-0.15, -0.1) is 0 Å². The lowest BCUT2D eigenvalue weighted by Gasteiger charge is -2.31. The van der Waals surface area contributed by atoms with Crippen molar-refractivity contribution in [2.75, 3.05) is 41.0 Å². The molecule has 8 heteroatoms. The number of nitrogens with zero attached hydrogens (tertiary/aromatic N) is 1. The molecule has 0 heterocycles. The van der Waals surface area contributed by atoms with Crippen LogP contribution in [0.25, 0.3) is 0 Å².